The van der Waals surface area contributed by atoms with Gasteiger partial charge in [0.25, 0.3) is 0 Å². The highest BCUT2D eigenvalue weighted by Crippen LogP contribution is 2.32. The number of fused-ring (bicyclic) bond motifs is 1. The highest BCUT2D eigenvalue weighted by molar-refractivity contribution is 5.96. The third-order valence-electron chi connectivity index (χ3n) is 4.55. The van der Waals surface area contributed by atoms with Crippen LogP contribution in [0.2, 0.25) is 0 Å². The topological polar surface area (TPSA) is 73.9 Å². The number of carbonyl (C=O) groups excluding carboxylic acids is 2. The van der Waals surface area contributed by atoms with E-state index in [9.17, 15) is 9.59 Å². The van der Waals surface area contributed by atoms with E-state index >= 15 is 0 Å². The second kappa shape index (κ2) is 9.78. The maximum absolute atomic E-state index is 12.2. The van der Waals surface area contributed by atoms with Crippen molar-refractivity contribution in [2.75, 3.05) is 25.6 Å². The molecule has 0 aliphatic carbocycles. The molecule has 2 aromatic carbocycles. The Labute approximate surface area is 164 Å². The monoisotopic (exact) mass is 383 g/mol. The van der Waals surface area contributed by atoms with Crippen LogP contribution in [-0.4, -0.2) is 32.0 Å². The molecule has 0 unspecified atom stereocenters. The van der Waals surface area contributed by atoms with Gasteiger partial charge in [-0.15, -0.1) is 0 Å². The minimum atomic E-state index is -0.0434. The molecule has 6 heteroatoms. The molecule has 2 aromatic rings. The summed E-state index contributed by atoms with van der Waals surface area (Å²) in [5.74, 6) is 2.16. The summed E-state index contributed by atoms with van der Waals surface area (Å²) < 4.78 is 16.1. The van der Waals surface area contributed by atoms with Crippen molar-refractivity contribution in [3.05, 3.63) is 48.0 Å². The molecule has 0 saturated carbocycles. The molecule has 0 aromatic heterocycles. The van der Waals surface area contributed by atoms with Gasteiger partial charge in [-0.1, -0.05) is 6.42 Å². The third-order valence-corrected chi connectivity index (χ3v) is 4.55. The molecule has 0 atom stereocenters. The quantitative estimate of drug-likeness (QED) is 0.518. The van der Waals surface area contributed by atoms with Gasteiger partial charge in [0.05, 0.1) is 7.11 Å². The van der Waals surface area contributed by atoms with Crippen molar-refractivity contribution in [1.29, 1.82) is 0 Å². The number of benzene rings is 2. The highest BCUT2D eigenvalue weighted by atomic mass is 16.6. The van der Waals surface area contributed by atoms with Crippen LogP contribution >= 0.6 is 0 Å². The van der Waals surface area contributed by atoms with Crippen molar-refractivity contribution in [3.8, 4) is 17.2 Å². The summed E-state index contributed by atoms with van der Waals surface area (Å²) in [7, 11) is 1.60. The number of nitrogens with one attached hydrogen (secondary N) is 1. The SMILES string of the molecule is COc1ccc(C(=O)CCCCCC(=O)Nc2ccc3c(c2)OCCO3)cc1. The number of rotatable bonds is 9. The molecular formula is C22H25NO5. The Morgan fingerprint density at radius 1 is 0.929 bits per heavy atom. The van der Waals surface area contributed by atoms with Gasteiger partial charge < -0.3 is 19.5 Å². The molecule has 28 heavy (non-hydrogen) atoms. The van der Waals surface area contributed by atoms with Gasteiger partial charge in [-0.25, -0.2) is 0 Å². The van der Waals surface area contributed by atoms with Crippen molar-refractivity contribution >= 4 is 17.4 Å². The molecule has 1 aliphatic rings. The van der Waals surface area contributed by atoms with Crippen molar-refractivity contribution in [3.63, 3.8) is 0 Å². The van der Waals surface area contributed by atoms with Gasteiger partial charge in [0, 0.05) is 30.2 Å². The summed E-state index contributed by atoms with van der Waals surface area (Å²) in [6, 6.07) is 12.5. The lowest BCUT2D eigenvalue weighted by Crippen LogP contribution is -2.16. The number of Topliss-reactive ketones (excluding diaryl/α,β-unsaturated/α-hetero) is 1. The van der Waals surface area contributed by atoms with E-state index in [0.717, 1.165) is 25.0 Å². The van der Waals surface area contributed by atoms with Gasteiger partial charge in [0.1, 0.15) is 19.0 Å². The molecule has 1 aliphatic heterocycles. The van der Waals surface area contributed by atoms with Crippen LogP contribution in [-0.2, 0) is 4.79 Å². The van der Waals surface area contributed by atoms with Crippen LogP contribution in [0.5, 0.6) is 17.2 Å². The maximum atomic E-state index is 12.2. The molecule has 148 valence electrons. The Morgan fingerprint density at radius 3 is 2.39 bits per heavy atom. The van der Waals surface area contributed by atoms with Gasteiger partial charge in [-0.05, 0) is 49.2 Å². The zero-order chi connectivity index (χ0) is 19.8. The molecule has 6 nitrogen and oxygen atoms in total. The Morgan fingerprint density at radius 2 is 1.64 bits per heavy atom. The Kier molecular flexibility index (Phi) is 6.89. The summed E-state index contributed by atoms with van der Waals surface area (Å²) in [4.78, 5) is 24.3. The highest BCUT2D eigenvalue weighted by Gasteiger charge is 2.13. The number of unbranched alkanes of at least 4 members (excludes halogenated alkanes) is 2. The Balaban J connectivity index is 1.34. The van der Waals surface area contributed by atoms with E-state index in [1.165, 1.54) is 0 Å². The molecule has 0 radical (unpaired) electrons. The van der Waals surface area contributed by atoms with E-state index in [2.05, 4.69) is 5.32 Å². The summed E-state index contributed by atoms with van der Waals surface area (Å²) in [5, 5.41) is 2.88. The fourth-order valence-corrected chi connectivity index (χ4v) is 3.01. The first kappa shape index (κ1) is 19.7. The first-order chi connectivity index (χ1) is 13.7. The number of carbonyl (C=O) groups is 2. The Bertz CT molecular complexity index is 816. The van der Waals surface area contributed by atoms with Crippen LogP contribution in [0.25, 0.3) is 0 Å². The lowest BCUT2D eigenvalue weighted by Gasteiger charge is -2.19. The lowest BCUT2D eigenvalue weighted by molar-refractivity contribution is -0.116. The standard InChI is InChI=1S/C22H25NO5/c1-26-18-10-7-16(8-11-18)19(24)5-3-2-4-6-22(25)23-17-9-12-20-21(15-17)28-14-13-27-20/h7-12,15H,2-6,13-14H2,1H3,(H,23,25). The van der Waals surface area contributed by atoms with Crippen LogP contribution in [0.15, 0.2) is 42.5 Å². The molecule has 1 N–H and O–H groups in total. The van der Waals surface area contributed by atoms with Gasteiger partial charge in [-0.2, -0.15) is 0 Å². The van der Waals surface area contributed by atoms with E-state index in [-0.39, 0.29) is 11.7 Å². The van der Waals surface area contributed by atoms with Crippen LogP contribution in [0, 0.1) is 0 Å². The predicted molar refractivity (Wildman–Crippen MR) is 106 cm³/mol. The molecule has 0 fully saturated rings. The average molecular weight is 383 g/mol. The summed E-state index contributed by atoms with van der Waals surface area (Å²) in [6.45, 7) is 1.05. The molecule has 1 amide bonds. The minimum Gasteiger partial charge on any atom is -0.497 e. The average Bonchev–Trinajstić information content (AvgIpc) is 2.73. The van der Waals surface area contributed by atoms with Gasteiger partial charge in [0.2, 0.25) is 5.91 Å². The van der Waals surface area contributed by atoms with Gasteiger partial charge in [-0.3, -0.25) is 9.59 Å². The van der Waals surface area contributed by atoms with Crippen molar-refractivity contribution in [2.45, 2.75) is 32.1 Å². The molecule has 1 heterocycles. The largest absolute Gasteiger partial charge is 0.497 e. The molecule has 0 bridgehead atoms. The number of methoxy groups -OCH3 is 1. The number of ether oxygens (including phenoxy) is 3. The van der Waals surface area contributed by atoms with E-state index < -0.39 is 0 Å². The fraction of sp³-hybridized carbons (Fsp3) is 0.364. The predicted octanol–water partition coefficient (Wildman–Crippen LogP) is 4.24. The summed E-state index contributed by atoms with van der Waals surface area (Å²) in [6.07, 6.45) is 3.24. The van der Waals surface area contributed by atoms with Crippen LogP contribution in [0.1, 0.15) is 42.5 Å². The lowest BCUT2D eigenvalue weighted by atomic mass is 10.0. The van der Waals surface area contributed by atoms with Gasteiger partial charge >= 0.3 is 0 Å². The smallest absolute Gasteiger partial charge is 0.224 e. The zero-order valence-electron chi connectivity index (χ0n) is 16.0. The van der Waals surface area contributed by atoms with E-state index in [4.69, 9.17) is 14.2 Å². The van der Waals surface area contributed by atoms with Crippen molar-refractivity contribution < 1.29 is 23.8 Å². The number of anilines is 1. The second-order valence-electron chi connectivity index (χ2n) is 6.62. The molecule has 0 saturated heterocycles. The first-order valence-corrected chi connectivity index (χ1v) is 9.52. The van der Waals surface area contributed by atoms with Gasteiger partial charge in [0.15, 0.2) is 17.3 Å². The number of ketones is 1. The second-order valence-corrected chi connectivity index (χ2v) is 6.62. The Hall–Kier alpha value is -3.02. The maximum Gasteiger partial charge on any atom is 0.224 e. The molecule has 3 rings (SSSR count). The first-order valence-electron chi connectivity index (χ1n) is 9.52. The van der Waals surface area contributed by atoms with Crippen molar-refractivity contribution in [1.82, 2.24) is 0 Å². The van der Waals surface area contributed by atoms with E-state index in [1.54, 1.807) is 49.6 Å². The van der Waals surface area contributed by atoms with E-state index in [0.29, 0.717) is 48.8 Å². The normalized spacial score (nSPS) is 12.3. The minimum absolute atomic E-state index is 0.0434. The third kappa shape index (κ3) is 5.49. The van der Waals surface area contributed by atoms with E-state index in [1.807, 2.05) is 0 Å². The summed E-state index contributed by atoms with van der Waals surface area (Å²) in [5.41, 5.74) is 1.39. The van der Waals surface area contributed by atoms with Crippen LogP contribution < -0.4 is 19.5 Å². The van der Waals surface area contributed by atoms with Crippen LogP contribution in [0.4, 0.5) is 5.69 Å². The van der Waals surface area contributed by atoms with Crippen LogP contribution in [0.3, 0.4) is 0 Å². The zero-order valence-corrected chi connectivity index (χ0v) is 16.0. The number of hydrogen-bond acceptors (Lipinski definition) is 5. The summed E-state index contributed by atoms with van der Waals surface area (Å²) >= 11 is 0. The molecule has 0 spiro atoms. The van der Waals surface area contributed by atoms with Crippen molar-refractivity contribution in [2.24, 2.45) is 0 Å². The fourth-order valence-electron chi connectivity index (χ4n) is 3.01. The number of amides is 1. The molecular weight excluding hydrogens is 358 g/mol. The number of hydrogen-bond donors (Lipinski definition) is 1.